The molecule has 2 aromatic carbocycles. The zero-order valence-electron chi connectivity index (χ0n) is 13.5. The number of fused-ring (bicyclic) bond motifs is 1. The molecule has 0 saturated carbocycles. The number of carbonyl (C=O) groups is 2. The lowest BCUT2D eigenvalue weighted by Gasteiger charge is -2.17. The maximum absolute atomic E-state index is 14.1. The van der Waals surface area contributed by atoms with Gasteiger partial charge in [-0.25, -0.2) is 13.6 Å². The summed E-state index contributed by atoms with van der Waals surface area (Å²) in [7, 11) is 1.08. The fraction of sp³-hybridized carbons (Fsp3) is 0.111. The summed E-state index contributed by atoms with van der Waals surface area (Å²) in [5, 5.41) is 3.10. The molecule has 0 radical (unpaired) electrons. The molecule has 3 rings (SSSR count). The highest BCUT2D eigenvalue weighted by Crippen LogP contribution is 2.28. The van der Waals surface area contributed by atoms with Crippen LogP contribution in [0.25, 0.3) is 10.9 Å². The van der Waals surface area contributed by atoms with Crippen molar-refractivity contribution in [2.45, 2.75) is 6.04 Å². The average Bonchev–Trinajstić information content (AvgIpc) is 2.98. The fourth-order valence-corrected chi connectivity index (χ4v) is 2.88. The Labute approximate surface area is 151 Å². The summed E-state index contributed by atoms with van der Waals surface area (Å²) in [5.74, 6) is -3.32. The van der Waals surface area contributed by atoms with Crippen LogP contribution in [-0.4, -0.2) is 24.0 Å². The number of methoxy groups -OCH3 is 1. The molecule has 0 fully saturated rings. The van der Waals surface area contributed by atoms with Gasteiger partial charge in [-0.2, -0.15) is 0 Å². The Bertz CT molecular complexity index is 1000. The van der Waals surface area contributed by atoms with Crippen LogP contribution in [0.2, 0.25) is 5.02 Å². The zero-order valence-corrected chi connectivity index (χ0v) is 14.2. The maximum atomic E-state index is 14.1. The maximum Gasteiger partial charge on any atom is 0.333 e. The first-order valence-corrected chi connectivity index (χ1v) is 7.90. The van der Waals surface area contributed by atoms with Gasteiger partial charge in [-0.3, -0.25) is 4.79 Å². The van der Waals surface area contributed by atoms with Crippen LogP contribution >= 0.6 is 11.6 Å². The largest absolute Gasteiger partial charge is 0.467 e. The van der Waals surface area contributed by atoms with Crippen LogP contribution in [0.15, 0.2) is 42.5 Å². The Morgan fingerprint density at radius 1 is 1.19 bits per heavy atom. The number of halogens is 3. The summed E-state index contributed by atoms with van der Waals surface area (Å²) in [6.07, 6.45) is 0. The third-order valence-electron chi connectivity index (χ3n) is 3.85. The van der Waals surface area contributed by atoms with Crippen molar-refractivity contribution in [3.63, 3.8) is 0 Å². The van der Waals surface area contributed by atoms with Gasteiger partial charge in [-0.05, 0) is 24.3 Å². The monoisotopic (exact) mass is 378 g/mol. The van der Waals surface area contributed by atoms with E-state index in [9.17, 15) is 18.4 Å². The molecule has 0 saturated heterocycles. The number of para-hydroxylation sites is 1. The fourth-order valence-electron chi connectivity index (χ4n) is 2.58. The molecule has 5 nitrogen and oxygen atoms in total. The number of ether oxygens (including phenoxy) is 1. The number of rotatable bonds is 4. The van der Waals surface area contributed by atoms with Gasteiger partial charge in [0.2, 0.25) is 0 Å². The van der Waals surface area contributed by atoms with E-state index in [0.29, 0.717) is 10.9 Å². The third kappa shape index (κ3) is 3.25. The number of benzene rings is 2. The predicted molar refractivity (Wildman–Crippen MR) is 91.9 cm³/mol. The van der Waals surface area contributed by atoms with Crippen LogP contribution < -0.4 is 5.32 Å². The number of carbonyl (C=O) groups excluding carboxylic acids is 2. The second-order valence-corrected chi connectivity index (χ2v) is 5.83. The number of aromatic amines is 1. The van der Waals surface area contributed by atoms with E-state index in [1.807, 2.05) is 0 Å². The van der Waals surface area contributed by atoms with Crippen molar-refractivity contribution in [1.82, 2.24) is 10.3 Å². The summed E-state index contributed by atoms with van der Waals surface area (Å²) in [5.41, 5.74) is 0.269. The average molecular weight is 379 g/mol. The lowest BCUT2D eigenvalue weighted by Crippen LogP contribution is -2.35. The zero-order chi connectivity index (χ0) is 18.8. The number of aromatic nitrogens is 1. The van der Waals surface area contributed by atoms with Gasteiger partial charge < -0.3 is 15.0 Å². The third-order valence-corrected chi connectivity index (χ3v) is 4.24. The first kappa shape index (κ1) is 17.9. The molecule has 1 amide bonds. The second kappa shape index (κ2) is 7.13. The molecular formula is C18H13ClF2N2O3. The summed E-state index contributed by atoms with van der Waals surface area (Å²) in [4.78, 5) is 27.5. The van der Waals surface area contributed by atoms with E-state index in [1.54, 1.807) is 24.3 Å². The van der Waals surface area contributed by atoms with Gasteiger partial charge >= 0.3 is 5.97 Å². The first-order valence-electron chi connectivity index (χ1n) is 7.52. The molecule has 0 spiro atoms. The van der Waals surface area contributed by atoms with Crippen LogP contribution in [0.4, 0.5) is 8.78 Å². The Balaban J connectivity index is 1.98. The van der Waals surface area contributed by atoms with Crippen molar-refractivity contribution in [3.05, 3.63) is 70.4 Å². The van der Waals surface area contributed by atoms with E-state index in [1.165, 1.54) is 0 Å². The molecule has 0 aliphatic heterocycles. The summed E-state index contributed by atoms with van der Waals surface area (Å²) < 4.78 is 32.1. The summed E-state index contributed by atoms with van der Waals surface area (Å²) >= 11 is 6.21. The molecule has 1 aromatic heterocycles. The minimum atomic E-state index is -1.54. The molecular weight excluding hydrogens is 366 g/mol. The van der Waals surface area contributed by atoms with E-state index in [-0.39, 0.29) is 16.3 Å². The number of hydrogen-bond donors (Lipinski definition) is 2. The van der Waals surface area contributed by atoms with Gasteiger partial charge in [0.15, 0.2) is 6.04 Å². The number of amides is 1. The minimum absolute atomic E-state index is 0.00131. The Hall–Kier alpha value is -2.93. The normalized spacial score (nSPS) is 12.0. The van der Waals surface area contributed by atoms with Crippen molar-refractivity contribution in [3.8, 4) is 0 Å². The Morgan fingerprint density at radius 2 is 1.92 bits per heavy atom. The number of H-pyrrole nitrogens is 1. The lowest BCUT2D eigenvalue weighted by molar-refractivity contribution is -0.143. The van der Waals surface area contributed by atoms with Gasteiger partial charge in [0.05, 0.1) is 12.1 Å². The van der Waals surface area contributed by atoms with Crippen LogP contribution in [0.1, 0.15) is 22.1 Å². The summed E-state index contributed by atoms with van der Waals surface area (Å²) in [6.45, 7) is 0. The molecule has 1 unspecified atom stereocenters. The van der Waals surface area contributed by atoms with Crippen molar-refractivity contribution >= 4 is 34.4 Å². The summed E-state index contributed by atoms with van der Waals surface area (Å²) in [6, 6.07) is 8.01. The highest BCUT2D eigenvalue weighted by Gasteiger charge is 2.29. The topological polar surface area (TPSA) is 71.2 Å². The van der Waals surface area contributed by atoms with Crippen LogP contribution in [0.3, 0.4) is 0 Å². The van der Waals surface area contributed by atoms with Gasteiger partial charge in [0, 0.05) is 16.5 Å². The highest BCUT2D eigenvalue weighted by atomic mass is 35.5. The smallest absolute Gasteiger partial charge is 0.333 e. The predicted octanol–water partition coefficient (Wildman–Crippen LogP) is 3.74. The Kier molecular flexibility index (Phi) is 4.90. The van der Waals surface area contributed by atoms with Crippen molar-refractivity contribution in [2.24, 2.45) is 0 Å². The van der Waals surface area contributed by atoms with E-state index in [0.717, 1.165) is 25.3 Å². The van der Waals surface area contributed by atoms with Crippen LogP contribution in [0, 0.1) is 11.6 Å². The van der Waals surface area contributed by atoms with Gasteiger partial charge in [-0.15, -0.1) is 0 Å². The highest BCUT2D eigenvalue weighted by molar-refractivity contribution is 6.38. The van der Waals surface area contributed by atoms with Crippen LogP contribution in [-0.2, 0) is 9.53 Å². The minimum Gasteiger partial charge on any atom is -0.467 e. The van der Waals surface area contributed by atoms with Gasteiger partial charge in [0.1, 0.15) is 17.3 Å². The van der Waals surface area contributed by atoms with E-state index in [2.05, 4.69) is 15.0 Å². The van der Waals surface area contributed by atoms with E-state index in [4.69, 9.17) is 11.6 Å². The number of nitrogens with one attached hydrogen (secondary N) is 2. The molecule has 26 heavy (non-hydrogen) atoms. The van der Waals surface area contributed by atoms with E-state index < -0.39 is 29.6 Å². The number of hydrogen-bond acceptors (Lipinski definition) is 3. The lowest BCUT2D eigenvalue weighted by atomic mass is 10.1. The standard InChI is InChI=1S/C18H13ClF2N2O3/c1-26-18(25)15(11-8-9(20)6-7-12(11)21)23-17(24)16-14(19)10-4-2-3-5-13(10)22-16/h2-8,15,22H,1H3,(H,23,24). The Morgan fingerprint density at radius 3 is 2.62 bits per heavy atom. The molecule has 0 aliphatic carbocycles. The van der Waals surface area contributed by atoms with E-state index >= 15 is 0 Å². The SMILES string of the molecule is COC(=O)C(NC(=O)c1[nH]c2ccccc2c1Cl)c1cc(F)ccc1F. The molecule has 3 aromatic rings. The molecule has 0 bridgehead atoms. The molecule has 134 valence electrons. The van der Waals surface area contributed by atoms with Crippen LogP contribution in [0.5, 0.6) is 0 Å². The molecule has 1 atom stereocenters. The second-order valence-electron chi connectivity index (χ2n) is 5.46. The quantitative estimate of drug-likeness (QED) is 0.679. The number of esters is 1. The van der Waals surface area contributed by atoms with Crippen molar-refractivity contribution < 1.29 is 23.1 Å². The molecule has 1 heterocycles. The van der Waals surface area contributed by atoms with Gasteiger partial charge in [0.25, 0.3) is 5.91 Å². The molecule has 8 heteroatoms. The van der Waals surface area contributed by atoms with Crippen molar-refractivity contribution in [1.29, 1.82) is 0 Å². The molecule has 0 aliphatic rings. The van der Waals surface area contributed by atoms with Gasteiger partial charge in [-0.1, -0.05) is 29.8 Å². The molecule has 2 N–H and O–H groups in total. The first-order chi connectivity index (χ1) is 12.4. The van der Waals surface area contributed by atoms with Crippen molar-refractivity contribution in [2.75, 3.05) is 7.11 Å².